The van der Waals surface area contributed by atoms with Crippen molar-refractivity contribution in [3.05, 3.63) is 91.0 Å². The van der Waals surface area contributed by atoms with E-state index in [9.17, 15) is 0 Å². The van der Waals surface area contributed by atoms with E-state index < -0.39 is 4.25 Å². The van der Waals surface area contributed by atoms with E-state index in [-0.39, 0.29) is 0 Å². The summed E-state index contributed by atoms with van der Waals surface area (Å²) in [5.41, 5.74) is 0. The fourth-order valence-corrected chi connectivity index (χ4v) is 13.1. The van der Waals surface area contributed by atoms with E-state index >= 15 is 0 Å². The van der Waals surface area contributed by atoms with E-state index in [1.165, 1.54) is 47.8 Å². The molecule has 0 saturated carbocycles. The minimum absolute atomic E-state index is 1.11. The van der Waals surface area contributed by atoms with Gasteiger partial charge in [0.15, 0.2) is 0 Å². The van der Waals surface area contributed by atoms with Crippen molar-refractivity contribution in [1.82, 2.24) is 0 Å². The van der Waals surface area contributed by atoms with Gasteiger partial charge >= 0.3 is 186 Å². The maximum atomic E-state index is 3.57. The molecule has 27 heavy (non-hydrogen) atoms. The van der Waals surface area contributed by atoms with Gasteiger partial charge in [-0.2, -0.15) is 0 Å². The molecule has 0 atom stereocenters. The molecule has 0 fully saturated rings. The van der Waals surface area contributed by atoms with E-state index in [0.717, 1.165) is 5.33 Å². The van der Waals surface area contributed by atoms with E-state index in [2.05, 4.69) is 129 Å². The van der Waals surface area contributed by atoms with Gasteiger partial charge < -0.3 is 0 Å². The standard InChI is InChI=1S/C24H27BrIP/c25-20-12-1-2-13-21-27(26,22-14-6-3-7-15-22,23-16-8-4-9-17-23)24-18-10-5-11-19-24/h3-11,14-19H,1-2,12-13,20-21H2. The van der Waals surface area contributed by atoms with Gasteiger partial charge in [-0.05, 0) is 0 Å². The van der Waals surface area contributed by atoms with Crippen LogP contribution >= 0.6 is 42.2 Å². The summed E-state index contributed by atoms with van der Waals surface area (Å²) in [6.45, 7) is 0. The molecule has 0 heterocycles. The Kier molecular flexibility index (Phi) is 7.53. The van der Waals surface area contributed by atoms with Crippen molar-refractivity contribution in [3.8, 4) is 0 Å². The number of hydrogen-bond donors (Lipinski definition) is 0. The first-order chi connectivity index (χ1) is 13.2. The molecule has 0 radical (unpaired) electrons. The van der Waals surface area contributed by atoms with Gasteiger partial charge in [-0.25, -0.2) is 0 Å². The summed E-state index contributed by atoms with van der Waals surface area (Å²) < 4.78 is -2.54. The summed E-state index contributed by atoms with van der Waals surface area (Å²) in [4.78, 5) is 0. The van der Waals surface area contributed by atoms with Gasteiger partial charge in [-0.1, -0.05) is 0 Å². The number of unbranched alkanes of at least 4 members (excludes halogenated alkanes) is 3. The average molecular weight is 553 g/mol. The van der Waals surface area contributed by atoms with Crippen molar-refractivity contribution < 1.29 is 0 Å². The first kappa shape index (κ1) is 21.0. The Hall–Kier alpha value is -0.700. The Labute approximate surface area is 185 Å². The fourth-order valence-electron chi connectivity index (χ4n) is 3.91. The molecule has 0 aliphatic heterocycles. The Bertz CT molecular complexity index is 721. The van der Waals surface area contributed by atoms with Crippen molar-refractivity contribution in [2.24, 2.45) is 0 Å². The third kappa shape index (κ3) is 4.33. The van der Waals surface area contributed by atoms with Crippen LogP contribution < -0.4 is 15.9 Å². The van der Waals surface area contributed by atoms with Crippen LogP contribution in [-0.4, -0.2) is 11.5 Å². The molecule has 0 N–H and O–H groups in total. The molecule has 0 unspecified atom stereocenters. The summed E-state index contributed by atoms with van der Waals surface area (Å²) >= 11 is 6.46. The zero-order valence-corrected chi connectivity index (χ0v) is 20.2. The molecule has 0 saturated heterocycles. The number of alkyl halides is 1. The predicted molar refractivity (Wildman–Crippen MR) is 136 cm³/mol. The number of hydrogen-bond acceptors (Lipinski definition) is 0. The number of halogens is 2. The van der Waals surface area contributed by atoms with Crippen LogP contribution in [0.5, 0.6) is 0 Å². The van der Waals surface area contributed by atoms with E-state index in [1.807, 2.05) is 0 Å². The van der Waals surface area contributed by atoms with Gasteiger partial charge in [0.05, 0.1) is 0 Å². The Morgan fingerprint density at radius 1 is 0.556 bits per heavy atom. The molecule has 0 aliphatic rings. The monoisotopic (exact) mass is 552 g/mol. The second kappa shape index (κ2) is 9.67. The van der Waals surface area contributed by atoms with Crippen molar-refractivity contribution in [2.45, 2.75) is 25.7 Å². The summed E-state index contributed by atoms with van der Waals surface area (Å²) in [6, 6.07) is 33.7. The first-order valence-corrected chi connectivity index (χ1v) is 16.0. The van der Waals surface area contributed by atoms with Crippen molar-refractivity contribution in [3.63, 3.8) is 0 Å². The molecular weight excluding hydrogens is 526 g/mol. The summed E-state index contributed by atoms with van der Waals surface area (Å²) in [6.07, 6.45) is 6.32. The van der Waals surface area contributed by atoms with Crippen molar-refractivity contribution in [1.29, 1.82) is 0 Å². The molecule has 0 nitrogen and oxygen atoms in total. The Morgan fingerprint density at radius 3 is 1.30 bits per heavy atom. The van der Waals surface area contributed by atoms with E-state index in [1.54, 1.807) is 0 Å². The molecule has 3 rings (SSSR count). The predicted octanol–water partition coefficient (Wildman–Crippen LogP) is 6.82. The molecule has 0 spiro atoms. The van der Waals surface area contributed by atoms with Gasteiger partial charge in [-0.3, -0.25) is 0 Å². The molecule has 0 bridgehead atoms. The number of benzene rings is 3. The summed E-state index contributed by atoms with van der Waals surface area (Å²) in [7, 11) is 0. The fraction of sp³-hybridized carbons (Fsp3) is 0.250. The molecule has 0 aromatic heterocycles. The van der Waals surface area contributed by atoms with Gasteiger partial charge in [0.2, 0.25) is 0 Å². The molecule has 3 aromatic rings. The van der Waals surface area contributed by atoms with Crippen LogP contribution in [0.1, 0.15) is 25.7 Å². The van der Waals surface area contributed by atoms with Crippen LogP contribution in [0.4, 0.5) is 0 Å². The topological polar surface area (TPSA) is 0 Å². The van der Waals surface area contributed by atoms with Crippen LogP contribution in [0.25, 0.3) is 0 Å². The van der Waals surface area contributed by atoms with Gasteiger partial charge in [0.25, 0.3) is 0 Å². The number of rotatable bonds is 9. The van der Waals surface area contributed by atoms with Crippen LogP contribution in [0.2, 0.25) is 0 Å². The van der Waals surface area contributed by atoms with Gasteiger partial charge in [0.1, 0.15) is 0 Å². The SMILES string of the molecule is BrCCCCCCP(I)(c1ccccc1)(c1ccccc1)c1ccccc1. The molecule has 3 aromatic carbocycles. The normalized spacial score (nSPS) is 13.0. The molecule has 0 aliphatic carbocycles. The van der Waals surface area contributed by atoms with Gasteiger partial charge in [0, 0.05) is 0 Å². The average Bonchev–Trinajstić information content (AvgIpc) is 2.75. The Morgan fingerprint density at radius 2 is 0.926 bits per heavy atom. The molecule has 3 heteroatoms. The second-order valence-electron chi connectivity index (χ2n) is 7.02. The van der Waals surface area contributed by atoms with Crippen molar-refractivity contribution in [2.75, 3.05) is 11.5 Å². The zero-order valence-electron chi connectivity index (χ0n) is 15.6. The van der Waals surface area contributed by atoms with Crippen LogP contribution in [0, 0.1) is 0 Å². The quantitative estimate of drug-likeness (QED) is 0.118. The molecule has 142 valence electrons. The first-order valence-electron chi connectivity index (χ1n) is 9.66. The minimum atomic E-state index is -2.54. The van der Waals surface area contributed by atoms with Crippen LogP contribution in [0.3, 0.4) is 0 Å². The second-order valence-corrected chi connectivity index (χ2v) is 18.6. The Balaban J connectivity index is 2.16. The van der Waals surface area contributed by atoms with Crippen molar-refractivity contribution >= 4 is 58.1 Å². The summed E-state index contributed by atoms with van der Waals surface area (Å²) in [5, 5.41) is 5.57. The molecule has 0 amide bonds. The molecular formula is C24H27BrIP. The summed E-state index contributed by atoms with van der Waals surface area (Å²) in [5.74, 6) is 0. The third-order valence-corrected chi connectivity index (χ3v) is 17.6. The van der Waals surface area contributed by atoms with E-state index in [0.29, 0.717) is 0 Å². The van der Waals surface area contributed by atoms with Gasteiger partial charge in [-0.15, -0.1) is 0 Å². The van der Waals surface area contributed by atoms with E-state index in [4.69, 9.17) is 0 Å². The zero-order chi connectivity index (χ0) is 19.0. The van der Waals surface area contributed by atoms with Crippen LogP contribution in [0.15, 0.2) is 91.0 Å². The third-order valence-electron chi connectivity index (χ3n) is 5.35. The van der Waals surface area contributed by atoms with Crippen LogP contribution in [-0.2, 0) is 0 Å². The maximum absolute atomic E-state index is 3.57.